The average molecular weight is 292 g/mol. The van der Waals surface area contributed by atoms with Crippen LogP contribution in [-0.4, -0.2) is 14.5 Å². The molecule has 0 radical (unpaired) electrons. The van der Waals surface area contributed by atoms with Gasteiger partial charge in [0, 0.05) is 6.20 Å². The lowest BCUT2D eigenvalue weighted by atomic mass is 10.1. The number of rotatable bonds is 1. The molecule has 7 heteroatoms. The number of nitrogens with zero attached hydrogens (tertiary/aromatic N) is 3. The monoisotopic (exact) mass is 292 g/mol. The van der Waals surface area contributed by atoms with Gasteiger partial charge >= 0.3 is 6.18 Å². The van der Waals surface area contributed by atoms with Gasteiger partial charge in [-0.3, -0.25) is 4.57 Å². The van der Waals surface area contributed by atoms with Crippen molar-refractivity contribution < 1.29 is 13.2 Å². The number of anilines is 1. The van der Waals surface area contributed by atoms with Crippen LogP contribution in [0, 0.1) is 6.92 Å². The summed E-state index contributed by atoms with van der Waals surface area (Å²) in [5, 5.41) is 0. The lowest BCUT2D eigenvalue weighted by Crippen LogP contribution is -2.09. The third-order valence-corrected chi connectivity index (χ3v) is 3.23. The third kappa shape index (κ3) is 2.20. The number of imidazole rings is 1. The molecule has 0 saturated heterocycles. The molecule has 3 rings (SSSR count). The third-order valence-electron chi connectivity index (χ3n) is 3.23. The number of alkyl halides is 3. The zero-order valence-electron chi connectivity index (χ0n) is 11.0. The molecule has 0 fully saturated rings. The van der Waals surface area contributed by atoms with Gasteiger partial charge in [0.25, 0.3) is 0 Å². The van der Waals surface area contributed by atoms with E-state index in [2.05, 4.69) is 9.97 Å². The number of fused-ring (bicyclic) bond motifs is 1. The molecule has 0 amide bonds. The molecule has 0 atom stereocenters. The van der Waals surface area contributed by atoms with Gasteiger partial charge in [0.1, 0.15) is 5.52 Å². The zero-order chi connectivity index (χ0) is 15.2. The number of aryl methyl sites for hydroxylation is 1. The maximum Gasteiger partial charge on any atom is 0.416 e. The minimum Gasteiger partial charge on any atom is -0.369 e. The fourth-order valence-electron chi connectivity index (χ4n) is 2.24. The molecule has 0 spiro atoms. The summed E-state index contributed by atoms with van der Waals surface area (Å²) in [7, 11) is 0. The van der Waals surface area contributed by atoms with Crippen molar-refractivity contribution in [3.8, 4) is 5.69 Å². The number of nitrogen functional groups attached to an aromatic ring is 1. The van der Waals surface area contributed by atoms with Gasteiger partial charge in [-0.25, -0.2) is 9.97 Å². The van der Waals surface area contributed by atoms with Crippen LogP contribution in [0.3, 0.4) is 0 Å². The molecule has 4 nitrogen and oxygen atoms in total. The summed E-state index contributed by atoms with van der Waals surface area (Å²) in [6.45, 7) is 1.42. The highest BCUT2D eigenvalue weighted by molar-refractivity contribution is 5.76. The Labute approximate surface area is 118 Å². The second kappa shape index (κ2) is 4.47. The normalized spacial score (nSPS) is 12.0. The minimum absolute atomic E-state index is 0.0978. The maximum atomic E-state index is 13.0. The second-order valence-corrected chi connectivity index (χ2v) is 4.65. The van der Waals surface area contributed by atoms with Gasteiger partial charge in [-0.05, 0) is 36.8 Å². The summed E-state index contributed by atoms with van der Waals surface area (Å²) < 4.78 is 40.4. The van der Waals surface area contributed by atoms with E-state index in [0.717, 1.165) is 6.07 Å². The van der Waals surface area contributed by atoms with Gasteiger partial charge in [-0.15, -0.1) is 0 Å². The Morgan fingerprint density at radius 3 is 2.67 bits per heavy atom. The smallest absolute Gasteiger partial charge is 0.369 e. The van der Waals surface area contributed by atoms with Crippen LogP contribution in [-0.2, 0) is 6.18 Å². The van der Waals surface area contributed by atoms with Crippen LogP contribution < -0.4 is 5.73 Å². The number of pyridine rings is 1. The fourth-order valence-corrected chi connectivity index (χ4v) is 2.24. The van der Waals surface area contributed by atoms with Crippen LogP contribution in [0.1, 0.15) is 11.1 Å². The van der Waals surface area contributed by atoms with E-state index in [-0.39, 0.29) is 17.2 Å². The van der Waals surface area contributed by atoms with Crippen LogP contribution in [0.4, 0.5) is 19.1 Å². The number of hydrogen-bond donors (Lipinski definition) is 1. The molecule has 0 aliphatic carbocycles. The van der Waals surface area contributed by atoms with Crippen molar-refractivity contribution in [3.05, 3.63) is 47.7 Å². The van der Waals surface area contributed by atoms with Gasteiger partial charge in [-0.2, -0.15) is 13.2 Å². The van der Waals surface area contributed by atoms with Crippen molar-refractivity contribution in [2.24, 2.45) is 0 Å². The Balaban J connectivity index is 2.27. The molecule has 0 aliphatic rings. The van der Waals surface area contributed by atoms with Gasteiger partial charge < -0.3 is 5.73 Å². The summed E-state index contributed by atoms with van der Waals surface area (Å²) in [6, 6.07) is 7.42. The first-order valence-electron chi connectivity index (χ1n) is 6.15. The van der Waals surface area contributed by atoms with Gasteiger partial charge in [0.2, 0.25) is 5.95 Å². The van der Waals surface area contributed by atoms with E-state index >= 15 is 0 Å². The van der Waals surface area contributed by atoms with Crippen molar-refractivity contribution in [1.29, 1.82) is 0 Å². The molecule has 0 unspecified atom stereocenters. The van der Waals surface area contributed by atoms with Gasteiger partial charge in [0.05, 0.1) is 11.3 Å². The lowest BCUT2D eigenvalue weighted by molar-refractivity contribution is -0.138. The average Bonchev–Trinajstić information content (AvgIpc) is 2.74. The van der Waals surface area contributed by atoms with E-state index in [9.17, 15) is 13.2 Å². The summed E-state index contributed by atoms with van der Waals surface area (Å²) in [5.41, 5.74) is 6.51. The molecule has 2 aromatic heterocycles. The van der Waals surface area contributed by atoms with Crippen molar-refractivity contribution >= 4 is 17.1 Å². The predicted molar refractivity (Wildman–Crippen MR) is 73.0 cm³/mol. The van der Waals surface area contributed by atoms with Crippen LogP contribution in [0.15, 0.2) is 36.5 Å². The molecule has 0 saturated carbocycles. The Kier molecular flexibility index (Phi) is 2.86. The molecular weight excluding hydrogens is 281 g/mol. The number of benzene rings is 1. The summed E-state index contributed by atoms with van der Waals surface area (Å²) in [5.74, 6) is 0.0978. The Hall–Kier alpha value is -2.57. The van der Waals surface area contributed by atoms with Crippen molar-refractivity contribution in [2.45, 2.75) is 13.1 Å². The maximum absolute atomic E-state index is 13.0. The van der Waals surface area contributed by atoms with E-state index in [4.69, 9.17) is 5.73 Å². The van der Waals surface area contributed by atoms with Crippen molar-refractivity contribution in [1.82, 2.24) is 14.5 Å². The van der Waals surface area contributed by atoms with E-state index < -0.39 is 11.7 Å². The highest BCUT2D eigenvalue weighted by atomic mass is 19.4. The SMILES string of the molecule is Cc1ccc(-n2c(N)nc3cccnc32)cc1C(F)(F)F. The predicted octanol–water partition coefficient (Wildman–Crippen LogP) is 3.33. The highest BCUT2D eigenvalue weighted by Gasteiger charge is 2.32. The summed E-state index contributed by atoms with van der Waals surface area (Å²) >= 11 is 0. The summed E-state index contributed by atoms with van der Waals surface area (Å²) in [6.07, 6.45) is -2.88. The lowest BCUT2D eigenvalue weighted by Gasteiger charge is -2.13. The fraction of sp³-hybridized carbons (Fsp3) is 0.143. The molecule has 21 heavy (non-hydrogen) atoms. The Morgan fingerprint density at radius 2 is 1.95 bits per heavy atom. The standard InChI is InChI=1S/C14H11F3N4/c1-8-4-5-9(7-10(8)14(15,16)17)21-12-11(20-13(21)18)3-2-6-19-12/h2-7H,1H3,(H2,18,20). The topological polar surface area (TPSA) is 56.7 Å². The number of aromatic nitrogens is 3. The van der Waals surface area contributed by atoms with E-state index in [1.54, 1.807) is 24.4 Å². The van der Waals surface area contributed by atoms with Crippen LogP contribution in [0.25, 0.3) is 16.9 Å². The number of hydrogen-bond acceptors (Lipinski definition) is 3. The minimum atomic E-state index is -4.42. The zero-order valence-corrected chi connectivity index (χ0v) is 11.0. The van der Waals surface area contributed by atoms with Crippen LogP contribution in [0.5, 0.6) is 0 Å². The molecule has 2 heterocycles. The molecule has 0 bridgehead atoms. The Bertz CT molecular complexity index is 821. The molecule has 3 aromatic rings. The van der Waals surface area contributed by atoms with Gasteiger partial charge in [-0.1, -0.05) is 6.07 Å². The first-order valence-corrected chi connectivity index (χ1v) is 6.15. The molecule has 2 N–H and O–H groups in total. The quantitative estimate of drug-likeness (QED) is 0.748. The summed E-state index contributed by atoms with van der Waals surface area (Å²) in [4.78, 5) is 8.23. The number of halogens is 3. The van der Waals surface area contributed by atoms with Gasteiger partial charge in [0.15, 0.2) is 5.65 Å². The van der Waals surface area contributed by atoms with E-state index in [0.29, 0.717) is 11.2 Å². The largest absolute Gasteiger partial charge is 0.416 e. The molecular formula is C14H11F3N4. The molecule has 108 valence electrons. The number of nitrogens with two attached hydrogens (primary N) is 1. The molecule has 0 aliphatic heterocycles. The van der Waals surface area contributed by atoms with E-state index in [1.807, 2.05) is 0 Å². The highest BCUT2D eigenvalue weighted by Crippen LogP contribution is 2.34. The van der Waals surface area contributed by atoms with Crippen LogP contribution >= 0.6 is 0 Å². The first-order chi connectivity index (χ1) is 9.88. The molecule has 1 aromatic carbocycles. The first kappa shape index (κ1) is 13.4. The second-order valence-electron chi connectivity index (χ2n) is 4.65. The Morgan fingerprint density at radius 1 is 1.19 bits per heavy atom. The van der Waals surface area contributed by atoms with Crippen LogP contribution in [0.2, 0.25) is 0 Å². The van der Waals surface area contributed by atoms with Crippen molar-refractivity contribution in [2.75, 3.05) is 5.73 Å². The van der Waals surface area contributed by atoms with Crippen molar-refractivity contribution in [3.63, 3.8) is 0 Å². The van der Waals surface area contributed by atoms with E-state index in [1.165, 1.54) is 17.6 Å².